The van der Waals surface area contributed by atoms with E-state index in [2.05, 4.69) is 19.4 Å². The van der Waals surface area contributed by atoms with Crippen LogP contribution in [-0.4, -0.2) is 25.1 Å². The Morgan fingerprint density at radius 1 is 1.40 bits per heavy atom. The minimum atomic E-state index is -3.57. The standard InChI is InChI=1S/C12H16N4O3S/c1-9-2-3-10(7-13)6-11(9)20(17,18)15-5-4-12-14-8-19-16-12/h2-3,6,8,15H,4-5,7,13H2,1H3. The van der Waals surface area contributed by atoms with Gasteiger partial charge >= 0.3 is 0 Å². The zero-order valence-corrected chi connectivity index (χ0v) is 11.9. The summed E-state index contributed by atoms with van der Waals surface area (Å²) in [5, 5.41) is 3.62. The summed E-state index contributed by atoms with van der Waals surface area (Å²) in [4.78, 5) is 4.07. The van der Waals surface area contributed by atoms with Gasteiger partial charge in [0, 0.05) is 19.5 Å². The number of nitrogens with one attached hydrogen (secondary N) is 1. The highest BCUT2D eigenvalue weighted by Gasteiger charge is 2.17. The molecule has 0 bridgehead atoms. The first-order valence-corrected chi connectivity index (χ1v) is 7.56. The fourth-order valence-corrected chi connectivity index (χ4v) is 3.06. The maximum atomic E-state index is 12.2. The van der Waals surface area contributed by atoms with Crippen molar-refractivity contribution in [2.75, 3.05) is 6.54 Å². The minimum absolute atomic E-state index is 0.203. The van der Waals surface area contributed by atoms with Crippen LogP contribution in [0.15, 0.2) is 34.0 Å². The van der Waals surface area contributed by atoms with Crippen LogP contribution in [0.3, 0.4) is 0 Å². The number of benzene rings is 1. The third-order valence-electron chi connectivity index (χ3n) is 2.83. The molecule has 0 unspecified atom stereocenters. The second kappa shape index (κ2) is 6.12. The summed E-state index contributed by atoms with van der Waals surface area (Å²) in [6, 6.07) is 5.15. The van der Waals surface area contributed by atoms with Gasteiger partial charge in [0.25, 0.3) is 0 Å². The topological polar surface area (TPSA) is 111 Å². The lowest BCUT2D eigenvalue weighted by atomic mass is 10.1. The predicted octanol–water partition coefficient (Wildman–Crippen LogP) is 0.358. The molecule has 0 fully saturated rings. The van der Waals surface area contributed by atoms with Gasteiger partial charge in [-0.3, -0.25) is 0 Å². The van der Waals surface area contributed by atoms with Gasteiger partial charge in [-0.05, 0) is 24.1 Å². The van der Waals surface area contributed by atoms with Crippen LogP contribution in [0.4, 0.5) is 0 Å². The largest absolute Gasteiger partial charge is 0.343 e. The molecule has 0 aliphatic carbocycles. The zero-order valence-electron chi connectivity index (χ0n) is 11.0. The van der Waals surface area contributed by atoms with E-state index >= 15 is 0 Å². The van der Waals surface area contributed by atoms with Gasteiger partial charge in [-0.15, -0.1) is 0 Å². The lowest BCUT2D eigenvalue weighted by Crippen LogP contribution is -2.27. The van der Waals surface area contributed by atoms with E-state index in [1.54, 1.807) is 19.1 Å². The average molecular weight is 296 g/mol. The van der Waals surface area contributed by atoms with Crippen molar-refractivity contribution < 1.29 is 12.9 Å². The average Bonchev–Trinajstić information content (AvgIpc) is 2.92. The molecular weight excluding hydrogens is 280 g/mol. The molecule has 0 amide bonds. The molecule has 0 radical (unpaired) electrons. The number of rotatable bonds is 6. The molecule has 0 atom stereocenters. The van der Waals surface area contributed by atoms with Gasteiger partial charge < -0.3 is 10.3 Å². The van der Waals surface area contributed by atoms with Gasteiger partial charge in [0.2, 0.25) is 16.4 Å². The Bertz CT molecular complexity index is 668. The van der Waals surface area contributed by atoms with Gasteiger partial charge in [-0.2, -0.15) is 4.98 Å². The third kappa shape index (κ3) is 3.41. The summed E-state index contributed by atoms with van der Waals surface area (Å²) >= 11 is 0. The van der Waals surface area contributed by atoms with E-state index in [1.165, 1.54) is 6.39 Å². The van der Waals surface area contributed by atoms with Gasteiger partial charge in [0.15, 0.2) is 5.82 Å². The number of nitrogens with zero attached hydrogens (tertiary/aromatic N) is 2. The van der Waals surface area contributed by atoms with Crippen molar-refractivity contribution >= 4 is 10.0 Å². The SMILES string of the molecule is Cc1ccc(CN)cc1S(=O)(=O)NCCc1ncon1. The minimum Gasteiger partial charge on any atom is -0.343 e. The first kappa shape index (κ1) is 14.6. The molecule has 1 heterocycles. The van der Waals surface area contributed by atoms with Crippen LogP contribution in [0, 0.1) is 6.92 Å². The maximum Gasteiger partial charge on any atom is 0.240 e. The Balaban J connectivity index is 2.09. The fraction of sp³-hybridized carbons (Fsp3) is 0.333. The van der Waals surface area contributed by atoms with Crippen molar-refractivity contribution in [2.24, 2.45) is 5.73 Å². The number of aryl methyl sites for hydroxylation is 1. The van der Waals surface area contributed by atoms with Crippen molar-refractivity contribution in [1.82, 2.24) is 14.9 Å². The molecule has 7 nitrogen and oxygen atoms in total. The van der Waals surface area contributed by atoms with E-state index in [4.69, 9.17) is 5.73 Å². The van der Waals surface area contributed by atoms with Crippen molar-refractivity contribution in [1.29, 1.82) is 0 Å². The first-order valence-electron chi connectivity index (χ1n) is 6.07. The quantitative estimate of drug-likeness (QED) is 0.796. The smallest absolute Gasteiger partial charge is 0.240 e. The van der Waals surface area contributed by atoms with Gasteiger partial charge in [-0.25, -0.2) is 13.1 Å². The molecule has 1 aromatic heterocycles. The fourth-order valence-electron chi connectivity index (χ4n) is 1.74. The summed E-state index contributed by atoms with van der Waals surface area (Å²) in [5.74, 6) is 0.458. The number of hydrogen-bond acceptors (Lipinski definition) is 6. The molecule has 0 saturated carbocycles. The normalized spacial score (nSPS) is 11.7. The van der Waals surface area contributed by atoms with E-state index in [-0.39, 0.29) is 11.4 Å². The number of aromatic nitrogens is 2. The molecule has 108 valence electrons. The Morgan fingerprint density at radius 2 is 2.20 bits per heavy atom. The second-order valence-corrected chi connectivity index (χ2v) is 6.03. The number of sulfonamides is 1. The van der Waals surface area contributed by atoms with Crippen LogP contribution >= 0.6 is 0 Å². The molecule has 0 aliphatic rings. The van der Waals surface area contributed by atoms with Gasteiger partial charge in [0.1, 0.15) is 0 Å². The summed E-state index contributed by atoms with van der Waals surface area (Å²) in [6.45, 7) is 2.24. The molecular formula is C12H16N4O3S. The van der Waals surface area contributed by atoms with E-state index in [0.29, 0.717) is 24.4 Å². The molecule has 0 aliphatic heterocycles. The second-order valence-electron chi connectivity index (χ2n) is 4.30. The van der Waals surface area contributed by atoms with Crippen LogP contribution in [-0.2, 0) is 23.0 Å². The highest BCUT2D eigenvalue weighted by atomic mass is 32.2. The van der Waals surface area contributed by atoms with E-state index in [1.807, 2.05) is 6.07 Å². The van der Waals surface area contributed by atoms with E-state index < -0.39 is 10.0 Å². The monoisotopic (exact) mass is 296 g/mol. The first-order chi connectivity index (χ1) is 9.53. The van der Waals surface area contributed by atoms with Crippen LogP contribution in [0.2, 0.25) is 0 Å². The molecule has 8 heteroatoms. The number of nitrogens with two attached hydrogens (primary N) is 1. The van der Waals surface area contributed by atoms with Gasteiger partial charge in [0.05, 0.1) is 4.90 Å². The molecule has 3 N–H and O–H groups in total. The Hall–Kier alpha value is -1.77. The molecule has 20 heavy (non-hydrogen) atoms. The Morgan fingerprint density at radius 3 is 2.85 bits per heavy atom. The summed E-state index contributed by atoms with van der Waals surface area (Å²) < 4.78 is 31.6. The van der Waals surface area contributed by atoms with E-state index in [0.717, 1.165) is 5.56 Å². The maximum absolute atomic E-state index is 12.2. The number of hydrogen-bond donors (Lipinski definition) is 2. The van der Waals surface area contributed by atoms with Crippen LogP contribution in [0.5, 0.6) is 0 Å². The van der Waals surface area contributed by atoms with Crippen LogP contribution in [0.1, 0.15) is 17.0 Å². The summed E-state index contributed by atoms with van der Waals surface area (Å²) in [6.07, 6.45) is 1.57. The van der Waals surface area contributed by atoms with Crippen LogP contribution < -0.4 is 10.5 Å². The lowest BCUT2D eigenvalue weighted by Gasteiger charge is -2.10. The molecule has 0 spiro atoms. The molecule has 1 aromatic carbocycles. The van der Waals surface area contributed by atoms with Gasteiger partial charge in [-0.1, -0.05) is 17.3 Å². The van der Waals surface area contributed by atoms with Crippen molar-refractivity contribution in [3.63, 3.8) is 0 Å². The highest BCUT2D eigenvalue weighted by Crippen LogP contribution is 2.16. The summed E-state index contributed by atoms with van der Waals surface area (Å²) in [5.41, 5.74) is 6.98. The third-order valence-corrected chi connectivity index (χ3v) is 4.43. The lowest BCUT2D eigenvalue weighted by molar-refractivity contribution is 0.410. The predicted molar refractivity (Wildman–Crippen MR) is 72.3 cm³/mol. The molecule has 2 aromatic rings. The van der Waals surface area contributed by atoms with Crippen molar-refractivity contribution in [3.05, 3.63) is 41.5 Å². The molecule has 2 rings (SSSR count). The summed E-state index contributed by atoms with van der Waals surface area (Å²) in [7, 11) is -3.57. The highest BCUT2D eigenvalue weighted by molar-refractivity contribution is 7.89. The van der Waals surface area contributed by atoms with E-state index in [9.17, 15) is 8.42 Å². The van der Waals surface area contributed by atoms with Crippen molar-refractivity contribution in [3.8, 4) is 0 Å². The molecule has 0 saturated heterocycles. The Kier molecular flexibility index (Phi) is 4.48. The Labute approximate surface area is 117 Å². The van der Waals surface area contributed by atoms with Crippen LogP contribution in [0.25, 0.3) is 0 Å². The zero-order chi connectivity index (χ0) is 14.6. The van der Waals surface area contributed by atoms with Crippen molar-refractivity contribution in [2.45, 2.75) is 24.8 Å².